The topological polar surface area (TPSA) is 63.7 Å². The zero-order valence-corrected chi connectivity index (χ0v) is 21.0. The van der Waals surface area contributed by atoms with Gasteiger partial charge in [-0.2, -0.15) is 0 Å². The number of nitrogens with zero attached hydrogens (tertiary/aromatic N) is 1. The molecular weight excluding hydrogens is 473 g/mol. The standard InChI is InChI=1S/C11H8NO4.3C4H9.Sn/c13-9-6-7-10(14)12(9)16-11(15)8-4-2-1-3-5-8;3*1-3-4-2;/h2-5H,6-7H2;3*1,3-4H2,2H3;. The molecular formula is C23H35NO4Sn. The molecule has 1 fully saturated rings. The molecule has 29 heavy (non-hydrogen) atoms. The zero-order chi connectivity index (χ0) is 21.3. The van der Waals surface area contributed by atoms with Crippen molar-refractivity contribution in [3.63, 3.8) is 0 Å². The molecule has 0 aromatic heterocycles. The van der Waals surface area contributed by atoms with E-state index in [-0.39, 0.29) is 12.8 Å². The van der Waals surface area contributed by atoms with Gasteiger partial charge in [0.05, 0.1) is 0 Å². The van der Waals surface area contributed by atoms with Crippen molar-refractivity contribution in [3.05, 3.63) is 29.8 Å². The van der Waals surface area contributed by atoms with Gasteiger partial charge in [0, 0.05) is 0 Å². The third kappa shape index (κ3) is 6.30. The van der Waals surface area contributed by atoms with Crippen molar-refractivity contribution in [2.24, 2.45) is 0 Å². The molecule has 0 radical (unpaired) electrons. The SMILES string of the molecule is CCC[CH2][Sn]([CH2]CCC)([CH2]CCC)[c]1ccc(C(=O)ON2C(=O)CCC2=O)cc1. The van der Waals surface area contributed by atoms with Crippen LogP contribution in [0.15, 0.2) is 24.3 Å². The van der Waals surface area contributed by atoms with Crippen molar-refractivity contribution < 1.29 is 19.2 Å². The van der Waals surface area contributed by atoms with E-state index in [2.05, 4.69) is 32.9 Å². The van der Waals surface area contributed by atoms with E-state index < -0.39 is 36.2 Å². The van der Waals surface area contributed by atoms with Crippen LogP contribution in [0.2, 0.25) is 13.3 Å². The number of amides is 2. The van der Waals surface area contributed by atoms with Gasteiger partial charge in [-0.05, 0) is 0 Å². The fourth-order valence-electron chi connectivity index (χ4n) is 4.11. The van der Waals surface area contributed by atoms with Gasteiger partial charge < -0.3 is 0 Å². The van der Waals surface area contributed by atoms with Crippen LogP contribution >= 0.6 is 0 Å². The van der Waals surface area contributed by atoms with Gasteiger partial charge in [0.1, 0.15) is 0 Å². The Morgan fingerprint density at radius 1 is 0.862 bits per heavy atom. The molecule has 160 valence electrons. The number of hydrogen-bond donors (Lipinski definition) is 0. The quantitative estimate of drug-likeness (QED) is 0.296. The summed E-state index contributed by atoms with van der Waals surface area (Å²) >= 11 is -2.52. The number of imide groups is 1. The van der Waals surface area contributed by atoms with Crippen LogP contribution in [0.4, 0.5) is 0 Å². The predicted molar refractivity (Wildman–Crippen MR) is 117 cm³/mol. The Morgan fingerprint density at radius 3 is 1.72 bits per heavy atom. The van der Waals surface area contributed by atoms with Gasteiger partial charge in [-0.1, -0.05) is 0 Å². The predicted octanol–water partition coefficient (Wildman–Crippen LogP) is 4.96. The first-order valence-electron chi connectivity index (χ1n) is 11.2. The second-order valence-electron chi connectivity index (χ2n) is 8.13. The minimum atomic E-state index is -2.52. The van der Waals surface area contributed by atoms with E-state index in [4.69, 9.17) is 4.84 Å². The van der Waals surface area contributed by atoms with E-state index in [0.717, 1.165) is 0 Å². The van der Waals surface area contributed by atoms with E-state index in [1.807, 2.05) is 12.1 Å². The number of hydrogen-bond acceptors (Lipinski definition) is 4. The number of benzene rings is 1. The Hall–Kier alpha value is -1.37. The van der Waals surface area contributed by atoms with Crippen molar-refractivity contribution in [2.45, 2.75) is 85.4 Å². The average Bonchev–Trinajstić information content (AvgIpc) is 3.05. The van der Waals surface area contributed by atoms with Gasteiger partial charge in [0.2, 0.25) is 0 Å². The molecule has 1 aliphatic rings. The van der Waals surface area contributed by atoms with Crippen LogP contribution < -0.4 is 3.58 Å². The summed E-state index contributed by atoms with van der Waals surface area (Å²) in [6, 6.07) is 7.89. The molecule has 1 aromatic rings. The van der Waals surface area contributed by atoms with Gasteiger partial charge >= 0.3 is 179 Å². The van der Waals surface area contributed by atoms with Crippen molar-refractivity contribution in [2.75, 3.05) is 0 Å². The Bertz CT molecular complexity index is 664. The van der Waals surface area contributed by atoms with E-state index in [1.165, 1.54) is 55.4 Å². The Morgan fingerprint density at radius 2 is 1.31 bits per heavy atom. The molecule has 0 spiro atoms. The van der Waals surface area contributed by atoms with E-state index >= 15 is 0 Å². The van der Waals surface area contributed by atoms with E-state index in [9.17, 15) is 14.4 Å². The van der Waals surface area contributed by atoms with Crippen LogP contribution in [0.25, 0.3) is 0 Å². The van der Waals surface area contributed by atoms with Crippen LogP contribution in [-0.2, 0) is 14.4 Å². The normalized spacial score (nSPS) is 14.5. The summed E-state index contributed by atoms with van der Waals surface area (Å²) < 4.78 is 5.59. The average molecular weight is 508 g/mol. The molecule has 0 atom stereocenters. The first kappa shape index (κ1) is 23.9. The van der Waals surface area contributed by atoms with E-state index in [0.29, 0.717) is 10.6 Å². The molecule has 0 saturated carbocycles. The van der Waals surface area contributed by atoms with Crippen molar-refractivity contribution >= 4 is 39.7 Å². The first-order valence-corrected chi connectivity index (χ1v) is 18.6. The summed E-state index contributed by atoms with van der Waals surface area (Å²) in [5.41, 5.74) is 0.392. The maximum absolute atomic E-state index is 12.4. The van der Waals surface area contributed by atoms with Gasteiger partial charge in [0.25, 0.3) is 0 Å². The molecule has 0 bridgehead atoms. The second-order valence-corrected chi connectivity index (χ2v) is 21.4. The second kappa shape index (κ2) is 11.7. The molecule has 2 rings (SSSR count). The summed E-state index contributed by atoms with van der Waals surface area (Å²) in [6.07, 6.45) is 7.73. The van der Waals surface area contributed by atoms with Gasteiger partial charge in [-0.25, -0.2) is 0 Å². The number of carbonyl (C=O) groups is 3. The molecule has 1 aromatic carbocycles. The summed E-state index contributed by atoms with van der Waals surface area (Å²) in [5.74, 6) is -1.54. The van der Waals surface area contributed by atoms with Gasteiger partial charge in [-0.15, -0.1) is 0 Å². The third-order valence-corrected chi connectivity index (χ3v) is 21.6. The third-order valence-electron chi connectivity index (χ3n) is 5.94. The molecule has 0 N–H and O–H groups in total. The summed E-state index contributed by atoms with van der Waals surface area (Å²) in [4.78, 5) is 40.8. The van der Waals surface area contributed by atoms with E-state index in [1.54, 1.807) is 0 Å². The monoisotopic (exact) mass is 509 g/mol. The molecule has 2 amide bonds. The summed E-state index contributed by atoms with van der Waals surface area (Å²) in [6.45, 7) is 6.78. The van der Waals surface area contributed by atoms with Crippen LogP contribution in [0.1, 0.15) is 82.5 Å². The molecule has 0 aliphatic carbocycles. The van der Waals surface area contributed by atoms with Crippen LogP contribution in [0, 0.1) is 0 Å². The van der Waals surface area contributed by atoms with Crippen molar-refractivity contribution in [1.29, 1.82) is 0 Å². The molecule has 1 saturated heterocycles. The van der Waals surface area contributed by atoms with Crippen LogP contribution in [-0.4, -0.2) is 41.2 Å². The first-order chi connectivity index (χ1) is 14.0. The molecule has 1 aliphatic heterocycles. The Balaban J connectivity index is 2.20. The number of unbranched alkanes of at least 4 members (excludes halogenated alkanes) is 3. The molecule has 5 nitrogen and oxygen atoms in total. The number of carbonyl (C=O) groups excluding carboxylic acids is 3. The fraction of sp³-hybridized carbons (Fsp3) is 0.609. The Labute approximate surface area is 179 Å². The van der Waals surface area contributed by atoms with Crippen LogP contribution in [0.3, 0.4) is 0 Å². The fourth-order valence-corrected chi connectivity index (χ4v) is 20.0. The molecule has 0 unspecified atom stereocenters. The van der Waals surface area contributed by atoms with Crippen molar-refractivity contribution in [3.8, 4) is 0 Å². The molecule has 1 heterocycles. The number of hydroxylamine groups is 2. The minimum absolute atomic E-state index is 0.105. The summed E-state index contributed by atoms with van der Waals surface area (Å²) in [7, 11) is 0. The summed E-state index contributed by atoms with van der Waals surface area (Å²) in [5, 5.41) is 0.615. The zero-order valence-electron chi connectivity index (χ0n) is 18.2. The van der Waals surface area contributed by atoms with Crippen molar-refractivity contribution in [1.82, 2.24) is 5.06 Å². The Kier molecular flexibility index (Phi) is 9.66. The number of rotatable bonds is 12. The van der Waals surface area contributed by atoms with Gasteiger partial charge in [0.15, 0.2) is 0 Å². The maximum atomic E-state index is 12.4. The van der Waals surface area contributed by atoms with Gasteiger partial charge in [-0.3, -0.25) is 0 Å². The molecule has 6 heteroatoms. The van der Waals surface area contributed by atoms with Crippen LogP contribution in [0.5, 0.6) is 0 Å².